The second-order valence-corrected chi connectivity index (χ2v) is 18.5. The molecule has 9 aromatic heterocycles. The van der Waals surface area contributed by atoms with Gasteiger partial charge in [0.25, 0.3) is 0 Å². The fourth-order valence-corrected chi connectivity index (χ4v) is 7.45. The molecule has 6 nitrogen and oxygen atoms in total. The molecule has 374 valence electrons. The Bertz CT molecular complexity index is 2190. The predicted molar refractivity (Wildman–Crippen MR) is 303 cm³/mol. The number of ketones is 1. The number of nitrogens with zero attached hydrogens (tertiary/aromatic N) is 1. The van der Waals surface area contributed by atoms with Crippen LogP contribution in [0.3, 0.4) is 0 Å². The van der Waals surface area contributed by atoms with Crippen molar-refractivity contribution in [3.05, 3.63) is 252 Å². The van der Waals surface area contributed by atoms with Gasteiger partial charge in [0.15, 0.2) is 5.78 Å². The molecule has 0 unspecified atom stereocenters. The average molecular weight is 1020 g/mol. The van der Waals surface area contributed by atoms with Crippen LogP contribution in [0.5, 0.6) is 0 Å². The van der Waals surface area contributed by atoms with Crippen LogP contribution in [0.25, 0.3) is 0 Å². The van der Waals surface area contributed by atoms with Gasteiger partial charge in [-0.1, -0.05) is 84.0 Å². The van der Waals surface area contributed by atoms with Gasteiger partial charge in [0.2, 0.25) is 0 Å². The van der Waals surface area contributed by atoms with Crippen LogP contribution in [0.15, 0.2) is 215 Å². The molecule has 0 aliphatic heterocycles. The van der Waals surface area contributed by atoms with Crippen molar-refractivity contribution in [3.8, 4) is 0 Å². The Morgan fingerprint density at radius 3 is 1.41 bits per heavy atom. The average Bonchev–Trinajstić information content (AvgIpc) is 4.24. The van der Waals surface area contributed by atoms with Crippen LogP contribution < -0.4 is 0 Å². The Labute approximate surface area is 435 Å². The van der Waals surface area contributed by atoms with Crippen LogP contribution in [-0.4, -0.2) is 10.8 Å². The molecular formula is C60H75NO5S4. The number of hydrogen-bond donors (Lipinski definition) is 0. The molecule has 0 aliphatic rings. The summed E-state index contributed by atoms with van der Waals surface area (Å²) >= 11 is 7.10. The molecule has 0 N–H and O–H groups in total. The zero-order valence-electron chi connectivity index (χ0n) is 42.9. The lowest BCUT2D eigenvalue weighted by atomic mass is 10.1. The molecular weight excluding hydrogens is 943 g/mol. The molecule has 0 radical (unpaired) electrons. The summed E-state index contributed by atoms with van der Waals surface area (Å²) in [5.41, 5.74) is 7.41. The van der Waals surface area contributed by atoms with Crippen molar-refractivity contribution in [1.82, 2.24) is 4.98 Å². The van der Waals surface area contributed by atoms with E-state index in [1.165, 1.54) is 50.4 Å². The van der Waals surface area contributed by atoms with E-state index in [1.54, 1.807) is 71.6 Å². The van der Waals surface area contributed by atoms with Gasteiger partial charge in [-0.3, -0.25) is 9.78 Å². The molecule has 1 aromatic carbocycles. The van der Waals surface area contributed by atoms with E-state index >= 15 is 0 Å². The van der Waals surface area contributed by atoms with Crippen molar-refractivity contribution in [2.24, 2.45) is 0 Å². The van der Waals surface area contributed by atoms with Gasteiger partial charge in [-0.25, -0.2) is 0 Å². The van der Waals surface area contributed by atoms with Crippen LogP contribution in [0, 0.1) is 27.7 Å². The van der Waals surface area contributed by atoms with Gasteiger partial charge in [0.1, 0.15) is 11.5 Å². The first-order valence-electron chi connectivity index (χ1n) is 23.6. The highest BCUT2D eigenvalue weighted by atomic mass is 32.1. The third-order valence-electron chi connectivity index (χ3n) is 9.06. The maximum absolute atomic E-state index is 11.0. The highest BCUT2D eigenvalue weighted by molar-refractivity contribution is 7.10. The molecule has 0 fully saturated rings. The summed E-state index contributed by atoms with van der Waals surface area (Å²) in [6.07, 6.45) is 19.9. The third kappa shape index (κ3) is 34.3. The lowest BCUT2D eigenvalue weighted by molar-refractivity contribution is 0.0988. The highest BCUT2D eigenvalue weighted by Gasteiger charge is 1.98. The number of aromatic nitrogens is 1. The quantitative estimate of drug-likeness (QED) is 0.148. The fourth-order valence-electron chi connectivity index (χ4n) is 4.85. The first-order chi connectivity index (χ1) is 34.1. The summed E-state index contributed by atoms with van der Waals surface area (Å²) in [4.78, 5) is 17.8. The van der Waals surface area contributed by atoms with Crippen molar-refractivity contribution in [2.45, 2.75) is 108 Å². The van der Waals surface area contributed by atoms with E-state index in [1.807, 2.05) is 123 Å². The van der Waals surface area contributed by atoms with E-state index < -0.39 is 0 Å². The number of rotatable bonds is 7. The maximum atomic E-state index is 11.0. The van der Waals surface area contributed by atoms with Crippen LogP contribution in [0.1, 0.15) is 107 Å². The topological polar surface area (TPSA) is 82.5 Å². The molecule has 0 spiro atoms. The Morgan fingerprint density at radius 1 is 0.486 bits per heavy atom. The lowest BCUT2D eigenvalue weighted by Gasteiger charge is -1.93. The molecule has 9 heterocycles. The highest BCUT2D eigenvalue weighted by Crippen LogP contribution is 2.08. The molecule has 0 bridgehead atoms. The maximum Gasteiger partial charge on any atom is 0.162 e. The van der Waals surface area contributed by atoms with Crippen molar-refractivity contribution in [2.75, 3.05) is 0 Å². The standard InChI is InChI=1S/C9H10O.C7H9N.2C6H8O.2C6H8S.2C5H6O.2C5H6S/c1-2-9(10)8-6-4-3-5-7-8;1-2-7-3-5-8-6-4-7;1-2-6-3-4-7-5-6;1-2-6-4-3-5-7-6;1-2-6-3-4-7-5-6;1-2-6-4-3-5-7-6;1-5-2-3-6-4-5;1-5-3-2-4-6-5;1-5-2-3-6-4-5;1-5-3-2-4-6-5/h3-7H,2H2,1H3;3-6H,2H2,1H3;4*3-5H,2H2,1H3;4*2-4H,1H3. The molecule has 0 saturated heterocycles. The van der Waals surface area contributed by atoms with Crippen LogP contribution in [0.4, 0.5) is 0 Å². The summed E-state index contributed by atoms with van der Waals surface area (Å²) in [6, 6.07) is 37.6. The summed E-state index contributed by atoms with van der Waals surface area (Å²) in [5.74, 6) is 2.23. The number of benzene rings is 1. The van der Waals surface area contributed by atoms with Crippen molar-refractivity contribution in [3.63, 3.8) is 0 Å². The van der Waals surface area contributed by atoms with Crippen molar-refractivity contribution >= 4 is 51.1 Å². The second kappa shape index (κ2) is 43.0. The molecule has 10 heteroatoms. The van der Waals surface area contributed by atoms with Gasteiger partial charge >= 0.3 is 0 Å². The largest absolute Gasteiger partial charge is 0.472 e. The van der Waals surface area contributed by atoms with Gasteiger partial charge < -0.3 is 17.7 Å². The van der Waals surface area contributed by atoms with Crippen LogP contribution >= 0.6 is 45.3 Å². The minimum atomic E-state index is 0.209. The van der Waals surface area contributed by atoms with Gasteiger partial charge in [-0.05, 0) is 186 Å². The number of carbonyl (C=O) groups excluding carboxylic acids is 1. The monoisotopic (exact) mass is 1020 g/mol. The third-order valence-corrected chi connectivity index (χ3v) is 12.4. The Balaban J connectivity index is 0.000000390. The number of thiophene rings is 4. The van der Waals surface area contributed by atoms with E-state index in [0.29, 0.717) is 6.42 Å². The smallest absolute Gasteiger partial charge is 0.162 e. The minimum Gasteiger partial charge on any atom is -0.472 e. The second-order valence-electron chi connectivity index (χ2n) is 14.7. The van der Waals surface area contributed by atoms with Crippen LogP contribution in [0.2, 0.25) is 0 Å². The fraction of sp³-hybridized carbons (Fsp3) is 0.267. The zero-order valence-corrected chi connectivity index (χ0v) is 46.2. The lowest BCUT2D eigenvalue weighted by Crippen LogP contribution is -1.94. The number of hydrogen-bond acceptors (Lipinski definition) is 10. The molecule has 0 amide bonds. The summed E-state index contributed by atoms with van der Waals surface area (Å²) in [5, 5.41) is 12.7. The van der Waals surface area contributed by atoms with Crippen molar-refractivity contribution < 1.29 is 22.5 Å². The first-order valence-corrected chi connectivity index (χ1v) is 27.2. The molecule has 10 rings (SSSR count). The van der Waals surface area contributed by atoms with E-state index in [2.05, 4.69) is 122 Å². The normalized spacial score (nSPS) is 9.11. The minimum absolute atomic E-state index is 0.209. The Hall–Kier alpha value is -6.04. The van der Waals surface area contributed by atoms with E-state index in [-0.39, 0.29) is 5.78 Å². The van der Waals surface area contributed by atoms with Gasteiger partial charge in [0, 0.05) is 40.6 Å². The summed E-state index contributed by atoms with van der Waals surface area (Å²) < 4.78 is 19.3. The number of Topliss-reactive ketones (excluding diaryl/α,β-unsaturated/α-hetero) is 1. The van der Waals surface area contributed by atoms with E-state index in [0.717, 1.165) is 36.3 Å². The van der Waals surface area contributed by atoms with Crippen LogP contribution in [-0.2, 0) is 32.1 Å². The predicted octanol–water partition coefficient (Wildman–Crippen LogP) is 19.5. The molecule has 10 aromatic rings. The molecule has 0 saturated carbocycles. The van der Waals surface area contributed by atoms with Crippen molar-refractivity contribution in [1.29, 1.82) is 0 Å². The van der Waals surface area contributed by atoms with Gasteiger partial charge in [0.05, 0.1) is 37.6 Å². The zero-order chi connectivity index (χ0) is 51.3. The molecule has 0 aliphatic carbocycles. The number of aryl methyl sites for hydroxylation is 9. The first kappa shape index (κ1) is 62.0. The number of furan rings is 4. The Morgan fingerprint density at radius 2 is 1.13 bits per heavy atom. The Kier molecular flexibility index (Phi) is 38.1. The van der Waals surface area contributed by atoms with E-state index in [9.17, 15) is 4.79 Å². The van der Waals surface area contributed by atoms with Gasteiger partial charge in [-0.2, -0.15) is 22.7 Å². The summed E-state index contributed by atoms with van der Waals surface area (Å²) in [6.45, 7) is 20.6. The van der Waals surface area contributed by atoms with E-state index in [4.69, 9.17) is 17.7 Å². The number of carbonyl (C=O) groups is 1. The summed E-state index contributed by atoms with van der Waals surface area (Å²) in [7, 11) is 0. The van der Waals surface area contributed by atoms with Gasteiger partial charge in [-0.15, -0.1) is 22.7 Å². The molecule has 0 atom stereocenters. The number of pyridine rings is 1. The molecule has 70 heavy (non-hydrogen) atoms. The SMILES string of the molecule is CCC(=O)c1ccccc1.CCc1ccco1.CCc1cccs1.CCc1ccncc1.CCc1ccoc1.CCc1ccsc1.Cc1ccco1.Cc1cccs1.Cc1ccoc1.Cc1ccsc1.